The van der Waals surface area contributed by atoms with Crippen molar-refractivity contribution in [2.24, 2.45) is 0 Å². The molecule has 0 radical (unpaired) electrons. The van der Waals surface area contributed by atoms with E-state index in [1.165, 1.54) is 76.5 Å². The molecule has 0 aromatic heterocycles. The third-order valence-electron chi connectivity index (χ3n) is 8.26. The van der Waals surface area contributed by atoms with Crippen LogP contribution in [0.15, 0.2) is 158 Å². The van der Waals surface area contributed by atoms with Crippen LogP contribution < -0.4 is 0 Å². The lowest BCUT2D eigenvalue weighted by Gasteiger charge is -2.18. The number of hydrogen-bond donors (Lipinski definition) is 0. The molecule has 0 unspecified atom stereocenters. The van der Waals surface area contributed by atoms with Crippen molar-refractivity contribution >= 4 is 43.1 Å². The largest absolute Gasteiger partial charge is 0.0616 e. The van der Waals surface area contributed by atoms with E-state index in [4.69, 9.17) is 0 Å². The lowest BCUT2D eigenvalue weighted by molar-refractivity contribution is 1.64. The van der Waals surface area contributed by atoms with Crippen molar-refractivity contribution in [1.29, 1.82) is 0 Å². The molecule has 0 fully saturated rings. The Balaban J connectivity index is 1.50. The maximum absolute atomic E-state index is 2.34. The van der Waals surface area contributed by atoms with Gasteiger partial charge in [-0.2, -0.15) is 0 Å². The maximum atomic E-state index is 2.34. The molecule has 0 aliphatic rings. The topological polar surface area (TPSA) is 0 Å². The molecule has 0 atom stereocenters. The zero-order chi connectivity index (χ0) is 26.5. The van der Waals surface area contributed by atoms with Crippen molar-refractivity contribution in [2.75, 3.05) is 0 Å². The second-order valence-corrected chi connectivity index (χ2v) is 10.5. The van der Waals surface area contributed by atoms with Crippen LogP contribution in [0.1, 0.15) is 0 Å². The fourth-order valence-electron chi connectivity index (χ4n) is 6.38. The Bertz CT molecular complexity index is 2120. The summed E-state index contributed by atoms with van der Waals surface area (Å²) in [7, 11) is 0. The molecular formula is C40H26. The molecule has 0 saturated heterocycles. The molecule has 0 bridgehead atoms. The molecular weight excluding hydrogens is 480 g/mol. The van der Waals surface area contributed by atoms with Gasteiger partial charge in [0, 0.05) is 0 Å². The monoisotopic (exact) mass is 506 g/mol. The van der Waals surface area contributed by atoms with Crippen LogP contribution in [0.3, 0.4) is 0 Å². The smallest absolute Gasteiger partial charge is 0.00201 e. The van der Waals surface area contributed by atoms with Crippen molar-refractivity contribution in [3.63, 3.8) is 0 Å². The summed E-state index contributed by atoms with van der Waals surface area (Å²) in [6.07, 6.45) is 0. The fraction of sp³-hybridized carbons (Fsp3) is 0. The van der Waals surface area contributed by atoms with Gasteiger partial charge in [-0.3, -0.25) is 0 Å². The van der Waals surface area contributed by atoms with E-state index in [2.05, 4.69) is 158 Å². The van der Waals surface area contributed by atoms with Gasteiger partial charge >= 0.3 is 0 Å². The molecule has 0 spiro atoms. The van der Waals surface area contributed by atoms with Crippen molar-refractivity contribution in [2.45, 2.75) is 0 Å². The van der Waals surface area contributed by atoms with Crippen LogP contribution in [-0.2, 0) is 0 Å². The van der Waals surface area contributed by atoms with Gasteiger partial charge < -0.3 is 0 Å². The Hall–Kier alpha value is -5.20. The molecule has 40 heavy (non-hydrogen) atoms. The van der Waals surface area contributed by atoms with Crippen LogP contribution in [0.25, 0.3) is 76.5 Å². The van der Waals surface area contributed by atoms with Crippen LogP contribution in [-0.4, -0.2) is 0 Å². The summed E-state index contributed by atoms with van der Waals surface area (Å²) in [6.45, 7) is 0. The summed E-state index contributed by atoms with van der Waals surface area (Å²) in [4.78, 5) is 0. The summed E-state index contributed by atoms with van der Waals surface area (Å²) in [5, 5.41) is 10.2. The van der Waals surface area contributed by atoms with Gasteiger partial charge in [0.2, 0.25) is 0 Å². The minimum Gasteiger partial charge on any atom is -0.0616 e. The summed E-state index contributed by atoms with van der Waals surface area (Å²) < 4.78 is 0. The van der Waals surface area contributed by atoms with Crippen molar-refractivity contribution in [1.82, 2.24) is 0 Å². The minimum atomic E-state index is 1.24. The predicted octanol–water partition coefficient (Wildman–Crippen LogP) is 11.3. The molecule has 0 aliphatic heterocycles. The van der Waals surface area contributed by atoms with E-state index in [1.807, 2.05) is 0 Å². The van der Waals surface area contributed by atoms with Crippen LogP contribution >= 0.6 is 0 Å². The van der Waals surface area contributed by atoms with Crippen LogP contribution in [0.2, 0.25) is 0 Å². The van der Waals surface area contributed by atoms with Crippen LogP contribution in [0.5, 0.6) is 0 Å². The first kappa shape index (κ1) is 22.8. The quantitative estimate of drug-likeness (QED) is 0.223. The fourth-order valence-corrected chi connectivity index (χ4v) is 6.38. The van der Waals surface area contributed by atoms with E-state index in [0.717, 1.165) is 0 Å². The van der Waals surface area contributed by atoms with Gasteiger partial charge in [-0.15, -0.1) is 0 Å². The average Bonchev–Trinajstić information content (AvgIpc) is 3.03. The highest BCUT2D eigenvalue weighted by atomic mass is 14.2. The molecule has 0 heteroatoms. The third-order valence-corrected chi connectivity index (χ3v) is 8.26. The second-order valence-electron chi connectivity index (χ2n) is 10.5. The van der Waals surface area contributed by atoms with E-state index in [9.17, 15) is 0 Å². The standard InChI is InChI=1S/C40H26/c1-2-13-30-26-31(23-22-27(30)10-1)34-24-25-39(36-19-8-15-29-12-4-6-17-33(29)36)40-37(34)20-9-21-38(40)35-18-7-14-28-11-3-5-16-32(28)35/h1-26H. The highest BCUT2D eigenvalue weighted by Gasteiger charge is 2.17. The van der Waals surface area contributed by atoms with Crippen molar-refractivity contribution in [3.8, 4) is 33.4 Å². The number of hydrogen-bond acceptors (Lipinski definition) is 0. The Labute approximate surface area is 233 Å². The van der Waals surface area contributed by atoms with Gasteiger partial charge in [-0.25, -0.2) is 0 Å². The molecule has 0 nitrogen and oxygen atoms in total. The molecule has 186 valence electrons. The molecule has 0 aliphatic carbocycles. The SMILES string of the molecule is c1ccc2cc(-c3ccc(-c4cccc5ccccc45)c4c(-c5cccc6ccccc56)cccc34)ccc2c1. The Morgan fingerprint density at radius 2 is 0.725 bits per heavy atom. The third kappa shape index (κ3) is 3.61. The normalized spacial score (nSPS) is 11.5. The van der Waals surface area contributed by atoms with E-state index < -0.39 is 0 Å². The minimum absolute atomic E-state index is 1.24. The summed E-state index contributed by atoms with van der Waals surface area (Å²) in [5.74, 6) is 0. The Morgan fingerprint density at radius 1 is 0.250 bits per heavy atom. The summed E-state index contributed by atoms with van der Waals surface area (Å²) >= 11 is 0. The van der Waals surface area contributed by atoms with E-state index in [0.29, 0.717) is 0 Å². The summed E-state index contributed by atoms with van der Waals surface area (Å²) in [5.41, 5.74) is 7.55. The van der Waals surface area contributed by atoms with E-state index >= 15 is 0 Å². The number of fused-ring (bicyclic) bond motifs is 4. The van der Waals surface area contributed by atoms with Gasteiger partial charge in [0.25, 0.3) is 0 Å². The van der Waals surface area contributed by atoms with E-state index in [-0.39, 0.29) is 0 Å². The second kappa shape index (κ2) is 9.22. The molecule has 8 rings (SSSR count). The molecule has 0 amide bonds. The van der Waals surface area contributed by atoms with Gasteiger partial charge in [0.05, 0.1) is 0 Å². The first-order valence-electron chi connectivity index (χ1n) is 13.9. The first-order valence-corrected chi connectivity index (χ1v) is 13.9. The summed E-state index contributed by atoms with van der Waals surface area (Å²) in [6, 6.07) is 57.6. The molecule has 0 heterocycles. The first-order chi connectivity index (χ1) is 19.8. The van der Waals surface area contributed by atoms with Crippen LogP contribution in [0.4, 0.5) is 0 Å². The van der Waals surface area contributed by atoms with E-state index in [1.54, 1.807) is 0 Å². The molecule has 0 N–H and O–H groups in total. The molecule has 0 saturated carbocycles. The average molecular weight is 507 g/mol. The van der Waals surface area contributed by atoms with Crippen molar-refractivity contribution in [3.05, 3.63) is 158 Å². The Morgan fingerprint density at radius 3 is 1.43 bits per heavy atom. The van der Waals surface area contributed by atoms with Gasteiger partial charge in [0.15, 0.2) is 0 Å². The van der Waals surface area contributed by atoms with Gasteiger partial charge in [0.1, 0.15) is 0 Å². The zero-order valence-corrected chi connectivity index (χ0v) is 22.0. The number of rotatable bonds is 3. The van der Waals surface area contributed by atoms with Crippen LogP contribution in [0, 0.1) is 0 Å². The lowest BCUT2D eigenvalue weighted by Crippen LogP contribution is -1.91. The highest BCUT2D eigenvalue weighted by molar-refractivity contribution is 6.17. The lowest BCUT2D eigenvalue weighted by atomic mass is 9.85. The highest BCUT2D eigenvalue weighted by Crippen LogP contribution is 2.44. The zero-order valence-electron chi connectivity index (χ0n) is 22.0. The molecule has 8 aromatic carbocycles. The van der Waals surface area contributed by atoms with Gasteiger partial charge in [-0.05, 0) is 82.5 Å². The maximum Gasteiger partial charge on any atom is -0.00201 e. The predicted molar refractivity (Wildman–Crippen MR) is 173 cm³/mol. The molecule has 8 aromatic rings. The number of benzene rings is 8. The van der Waals surface area contributed by atoms with Gasteiger partial charge in [-0.1, -0.05) is 152 Å². The Kier molecular flexibility index (Phi) is 5.24. The van der Waals surface area contributed by atoms with Crippen molar-refractivity contribution < 1.29 is 0 Å².